The topological polar surface area (TPSA) is 77.2 Å². The molecule has 0 amide bonds. The van der Waals surface area contributed by atoms with Crippen molar-refractivity contribution in [3.05, 3.63) is 35.5 Å². The summed E-state index contributed by atoms with van der Waals surface area (Å²) in [5.41, 5.74) is 6.44. The molecule has 0 aliphatic carbocycles. The van der Waals surface area contributed by atoms with Crippen LogP contribution < -0.4 is 11.1 Å². The minimum Gasteiger partial charge on any atom is -0.465 e. The number of aromatic nitrogens is 1. The average molecular weight is 235 g/mol. The molecule has 0 fully saturated rings. The third kappa shape index (κ3) is 3.88. The number of esters is 1. The highest BCUT2D eigenvalue weighted by molar-refractivity contribution is 5.90. The molecule has 5 nitrogen and oxygen atoms in total. The van der Waals surface area contributed by atoms with Crippen LogP contribution >= 0.6 is 0 Å². The van der Waals surface area contributed by atoms with E-state index in [0.717, 1.165) is 5.82 Å². The number of aryl methyl sites for hydroxylation is 1. The van der Waals surface area contributed by atoms with Crippen LogP contribution in [0.2, 0.25) is 0 Å². The highest BCUT2D eigenvalue weighted by Crippen LogP contribution is 2.11. The fraction of sp³-hybridized carbons (Fsp3) is 0.333. The Balaban J connectivity index is 2.68. The minimum absolute atomic E-state index is 0.371. The van der Waals surface area contributed by atoms with Gasteiger partial charge in [0.2, 0.25) is 0 Å². The van der Waals surface area contributed by atoms with Gasteiger partial charge in [0.25, 0.3) is 0 Å². The molecule has 1 rings (SSSR count). The van der Waals surface area contributed by atoms with E-state index < -0.39 is 0 Å². The average Bonchev–Trinajstić information content (AvgIpc) is 2.34. The molecule has 92 valence electrons. The number of nitrogens with two attached hydrogens (primary N) is 1. The Hall–Kier alpha value is -1.88. The molecule has 0 radical (unpaired) electrons. The maximum Gasteiger partial charge on any atom is 0.339 e. The number of nitrogens with zero attached hydrogens (tertiary/aromatic N) is 1. The van der Waals surface area contributed by atoms with Gasteiger partial charge in [0.05, 0.1) is 18.4 Å². The van der Waals surface area contributed by atoms with Crippen molar-refractivity contribution in [2.75, 3.05) is 25.5 Å². The van der Waals surface area contributed by atoms with Crippen LogP contribution in [0.3, 0.4) is 0 Å². The molecule has 17 heavy (non-hydrogen) atoms. The number of carbonyl (C=O) groups excluding carboxylic acids is 1. The molecule has 5 heteroatoms. The Labute approximate surface area is 101 Å². The Morgan fingerprint density at radius 3 is 2.88 bits per heavy atom. The highest BCUT2D eigenvalue weighted by Gasteiger charge is 2.09. The standard InChI is InChI=1S/C12H17N3O2/c1-9-10(12(16)17-2)5-6-11(15-9)14-8-4-3-7-13/h3-6H,7-8,13H2,1-2H3,(H,14,15)/b4-3+. The predicted octanol–water partition coefficient (Wildman–Crippen LogP) is 1.10. The van der Waals surface area contributed by atoms with E-state index in [4.69, 9.17) is 5.73 Å². The molecule has 0 spiro atoms. The lowest BCUT2D eigenvalue weighted by molar-refractivity contribution is 0.0599. The quantitative estimate of drug-likeness (QED) is 0.590. The summed E-state index contributed by atoms with van der Waals surface area (Å²) >= 11 is 0. The molecule has 1 aromatic heterocycles. The van der Waals surface area contributed by atoms with Crippen molar-refractivity contribution >= 4 is 11.8 Å². The Morgan fingerprint density at radius 1 is 1.53 bits per heavy atom. The number of pyridine rings is 1. The lowest BCUT2D eigenvalue weighted by Crippen LogP contribution is -2.08. The number of nitrogens with one attached hydrogen (secondary N) is 1. The Kier molecular flexibility index (Phi) is 5.16. The summed E-state index contributed by atoms with van der Waals surface area (Å²) in [4.78, 5) is 15.6. The molecule has 1 aromatic rings. The number of hydrogen-bond acceptors (Lipinski definition) is 5. The fourth-order valence-electron chi connectivity index (χ4n) is 1.33. The predicted molar refractivity (Wildman–Crippen MR) is 67.0 cm³/mol. The number of rotatable bonds is 5. The molecule has 0 saturated carbocycles. The van der Waals surface area contributed by atoms with Gasteiger partial charge in [0, 0.05) is 13.1 Å². The second kappa shape index (κ2) is 6.65. The molecule has 0 aromatic carbocycles. The van der Waals surface area contributed by atoms with Crippen LogP contribution in [0.4, 0.5) is 5.82 Å². The van der Waals surface area contributed by atoms with Crippen molar-refractivity contribution in [2.24, 2.45) is 5.73 Å². The summed E-state index contributed by atoms with van der Waals surface area (Å²) in [5, 5.41) is 3.10. The first-order chi connectivity index (χ1) is 8.19. The number of carbonyl (C=O) groups is 1. The maximum atomic E-state index is 11.3. The van der Waals surface area contributed by atoms with E-state index in [9.17, 15) is 4.79 Å². The molecular formula is C12H17N3O2. The van der Waals surface area contributed by atoms with Crippen LogP contribution in [-0.4, -0.2) is 31.2 Å². The number of anilines is 1. The van der Waals surface area contributed by atoms with E-state index in [2.05, 4.69) is 15.0 Å². The second-order valence-corrected chi connectivity index (χ2v) is 3.41. The number of hydrogen-bond donors (Lipinski definition) is 2. The monoisotopic (exact) mass is 235 g/mol. The summed E-state index contributed by atoms with van der Waals surface area (Å²) in [6.07, 6.45) is 3.79. The van der Waals surface area contributed by atoms with Gasteiger partial charge >= 0.3 is 5.97 Å². The zero-order chi connectivity index (χ0) is 12.7. The molecule has 0 unspecified atom stereocenters. The van der Waals surface area contributed by atoms with Gasteiger partial charge in [-0.25, -0.2) is 9.78 Å². The number of methoxy groups -OCH3 is 1. The molecule has 3 N–H and O–H groups in total. The van der Waals surface area contributed by atoms with Crippen molar-refractivity contribution in [2.45, 2.75) is 6.92 Å². The van der Waals surface area contributed by atoms with Crippen molar-refractivity contribution in [1.29, 1.82) is 0 Å². The summed E-state index contributed by atoms with van der Waals surface area (Å²) < 4.78 is 4.65. The second-order valence-electron chi connectivity index (χ2n) is 3.41. The zero-order valence-electron chi connectivity index (χ0n) is 10.1. The van der Waals surface area contributed by atoms with Crippen molar-refractivity contribution < 1.29 is 9.53 Å². The Morgan fingerprint density at radius 2 is 2.29 bits per heavy atom. The van der Waals surface area contributed by atoms with Gasteiger partial charge in [-0.2, -0.15) is 0 Å². The van der Waals surface area contributed by atoms with E-state index in [-0.39, 0.29) is 5.97 Å². The molecule has 0 saturated heterocycles. The summed E-state index contributed by atoms with van der Waals surface area (Å²) in [6.45, 7) is 2.95. The smallest absolute Gasteiger partial charge is 0.339 e. The van der Waals surface area contributed by atoms with Crippen LogP contribution in [0.15, 0.2) is 24.3 Å². The van der Waals surface area contributed by atoms with Gasteiger partial charge in [-0.05, 0) is 19.1 Å². The van der Waals surface area contributed by atoms with Crippen molar-refractivity contribution in [3.8, 4) is 0 Å². The van der Waals surface area contributed by atoms with Gasteiger partial charge in [0.15, 0.2) is 0 Å². The van der Waals surface area contributed by atoms with Gasteiger partial charge in [0.1, 0.15) is 5.82 Å². The van der Waals surface area contributed by atoms with E-state index in [1.807, 2.05) is 12.2 Å². The molecule has 0 atom stereocenters. The molecular weight excluding hydrogens is 218 g/mol. The van der Waals surface area contributed by atoms with Gasteiger partial charge < -0.3 is 15.8 Å². The van der Waals surface area contributed by atoms with Gasteiger partial charge in [-0.1, -0.05) is 12.2 Å². The summed E-state index contributed by atoms with van der Waals surface area (Å²) in [6, 6.07) is 3.44. The van der Waals surface area contributed by atoms with Crippen LogP contribution in [0, 0.1) is 6.92 Å². The Bertz CT molecular complexity index is 416. The normalized spacial score (nSPS) is 10.5. The molecule has 0 aliphatic heterocycles. The van der Waals surface area contributed by atoms with Crippen molar-refractivity contribution in [1.82, 2.24) is 4.98 Å². The third-order valence-electron chi connectivity index (χ3n) is 2.19. The SMILES string of the molecule is COC(=O)c1ccc(NC/C=C/CN)nc1C. The maximum absolute atomic E-state index is 11.3. The third-order valence-corrected chi connectivity index (χ3v) is 2.19. The first-order valence-electron chi connectivity index (χ1n) is 5.34. The highest BCUT2D eigenvalue weighted by atomic mass is 16.5. The van der Waals surface area contributed by atoms with Crippen molar-refractivity contribution in [3.63, 3.8) is 0 Å². The lowest BCUT2D eigenvalue weighted by atomic mass is 10.2. The van der Waals surface area contributed by atoms with E-state index in [0.29, 0.717) is 24.3 Å². The largest absolute Gasteiger partial charge is 0.465 e. The van der Waals surface area contributed by atoms with E-state index in [1.165, 1.54) is 7.11 Å². The summed E-state index contributed by atoms with van der Waals surface area (Å²) in [5.74, 6) is 0.349. The van der Waals surface area contributed by atoms with Gasteiger partial charge in [-0.3, -0.25) is 0 Å². The number of ether oxygens (including phenoxy) is 1. The molecule has 1 heterocycles. The molecule has 0 aliphatic rings. The van der Waals surface area contributed by atoms with Crippen LogP contribution in [0.25, 0.3) is 0 Å². The molecule has 0 bridgehead atoms. The zero-order valence-corrected chi connectivity index (χ0v) is 10.1. The summed E-state index contributed by atoms with van der Waals surface area (Å²) in [7, 11) is 1.35. The van der Waals surface area contributed by atoms with Crippen LogP contribution in [-0.2, 0) is 4.74 Å². The van der Waals surface area contributed by atoms with Gasteiger partial charge in [-0.15, -0.1) is 0 Å². The first kappa shape index (κ1) is 13.2. The van der Waals surface area contributed by atoms with Crippen LogP contribution in [0.1, 0.15) is 16.1 Å². The fourth-order valence-corrected chi connectivity index (χ4v) is 1.33. The minimum atomic E-state index is -0.371. The first-order valence-corrected chi connectivity index (χ1v) is 5.34. The lowest BCUT2D eigenvalue weighted by Gasteiger charge is -2.06. The van der Waals surface area contributed by atoms with E-state index in [1.54, 1.807) is 19.1 Å². The van der Waals surface area contributed by atoms with Crippen LogP contribution in [0.5, 0.6) is 0 Å². The van der Waals surface area contributed by atoms with E-state index >= 15 is 0 Å².